The Bertz CT molecular complexity index is 401. The zero-order valence-electron chi connectivity index (χ0n) is 12.4. The Labute approximate surface area is 122 Å². The largest absolute Gasteiger partial charge is 0.467 e. The normalized spacial score (nSPS) is 11.2. The van der Waals surface area contributed by atoms with Gasteiger partial charge < -0.3 is 9.84 Å². The van der Waals surface area contributed by atoms with E-state index in [9.17, 15) is 9.90 Å². The summed E-state index contributed by atoms with van der Waals surface area (Å²) in [4.78, 5) is 10.9. The quantitative estimate of drug-likeness (QED) is 0.442. The van der Waals surface area contributed by atoms with E-state index in [0.717, 1.165) is 38.5 Å². The molecule has 1 N–H and O–H groups in total. The molecule has 0 heterocycles. The predicted molar refractivity (Wildman–Crippen MR) is 80.7 cm³/mol. The smallest absolute Gasteiger partial charge is 0.334 e. The number of ether oxygens (including phenoxy) is 1. The SMILES string of the molecule is CCCC#C/C=C/C#CCCCCCC(O)C(=O)OC. The summed E-state index contributed by atoms with van der Waals surface area (Å²) < 4.78 is 4.44. The maximum Gasteiger partial charge on any atom is 0.334 e. The van der Waals surface area contributed by atoms with Crippen molar-refractivity contribution in [2.24, 2.45) is 0 Å². The zero-order valence-corrected chi connectivity index (χ0v) is 12.4. The van der Waals surface area contributed by atoms with Crippen LogP contribution in [0, 0.1) is 23.7 Å². The van der Waals surface area contributed by atoms with Crippen LogP contribution in [-0.4, -0.2) is 24.3 Å². The maximum absolute atomic E-state index is 10.9. The Kier molecular flexibility index (Phi) is 12.5. The lowest BCUT2D eigenvalue weighted by atomic mass is 10.1. The molecule has 0 aliphatic carbocycles. The third-order valence-corrected chi connectivity index (χ3v) is 2.58. The molecule has 0 radical (unpaired) electrons. The average Bonchev–Trinajstić information content (AvgIpc) is 2.47. The van der Waals surface area contributed by atoms with Gasteiger partial charge in [-0.2, -0.15) is 0 Å². The molecule has 0 aromatic heterocycles. The molecule has 0 aromatic carbocycles. The van der Waals surface area contributed by atoms with Gasteiger partial charge in [0, 0.05) is 12.8 Å². The Balaban J connectivity index is 3.54. The highest BCUT2D eigenvalue weighted by molar-refractivity contribution is 5.74. The highest BCUT2D eigenvalue weighted by Crippen LogP contribution is 2.06. The van der Waals surface area contributed by atoms with Crippen LogP contribution < -0.4 is 0 Å². The van der Waals surface area contributed by atoms with Crippen molar-refractivity contribution in [3.05, 3.63) is 12.2 Å². The Morgan fingerprint density at radius 2 is 1.80 bits per heavy atom. The van der Waals surface area contributed by atoms with E-state index < -0.39 is 12.1 Å². The third-order valence-electron chi connectivity index (χ3n) is 2.58. The van der Waals surface area contributed by atoms with Crippen LogP contribution in [0.4, 0.5) is 0 Å². The summed E-state index contributed by atoms with van der Waals surface area (Å²) in [6.45, 7) is 2.10. The molecule has 0 bridgehead atoms. The van der Waals surface area contributed by atoms with E-state index in [1.54, 1.807) is 12.2 Å². The number of aliphatic hydroxyl groups excluding tert-OH is 1. The van der Waals surface area contributed by atoms with Crippen LogP contribution in [0.1, 0.15) is 51.9 Å². The molecule has 20 heavy (non-hydrogen) atoms. The molecular weight excluding hydrogens is 252 g/mol. The molecule has 0 spiro atoms. The lowest BCUT2D eigenvalue weighted by Crippen LogP contribution is -2.21. The molecule has 110 valence electrons. The first kappa shape index (κ1) is 18.3. The number of unbranched alkanes of at least 4 members (excludes halogenated alkanes) is 4. The first-order chi connectivity index (χ1) is 9.72. The molecule has 0 aliphatic heterocycles. The number of rotatable bonds is 7. The fourth-order valence-electron chi connectivity index (χ4n) is 1.45. The molecule has 0 saturated carbocycles. The Morgan fingerprint density at radius 3 is 2.40 bits per heavy atom. The van der Waals surface area contributed by atoms with E-state index in [4.69, 9.17) is 0 Å². The average molecular weight is 276 g/mol. The van der Waals surface area contributed by atoms with Gasteiger partial charge in [-0.3, -0.25) is 0 Å². The van der Waals surface area contributed by atoms with Crippen LogP contribution in [0.25, 0.3) is 0 Å². The van der Waals surface area contributed by atoms with E-state index in [0.29, 0.717) is 6.42 Å². The first-order valence-electron chi connectivity index (χ1n) is 7.10. The summed E-state index contributed by atoms with van der Waals surface area (Å²) in [5.74, 6) is 11.3. The molecule has 0 saturated heterocycles. The number of carbonyl (C=O) groups is 1. The van der Waals surface area contributed by atoms with E-state index in [-0.39, 0.29) is 0 Å². The van der Waals surface area contributed by atoms with Crippen molar-refractivity contribution in [2.45, 2.75) is 58.0 Å². The molecule has 1 atom stereocenters. The van der Waals surface area contributed by atoms with Crippen molar-refractivity contribution in [3.8, 4) is 23.7 Å². The number of aliphatic hydroxyl groups is 1. The van der Waals surface area contributed by atoms with Gasteiger partial charge in [0.05, 0.1) is 7.11 Å². The number of hydrogen-bond acceptors (Lipinski definition) is 3. The lowest BCUT2D eigenvalue weighted by molar-refractivity contribution is -0.150. The fourth-order valence-corrected chi connectivity index (χ4v) is 1.45. The molecule has 0 amide bonds. The number of carbonyl (C=O) groups excluding carboxylic acids is 1. The zero-order chi connectivity index (χ0) is 15.1. The Hall–Kier alpha value is -1.71. The monoisotopic (exact) mass is 276 g/mol. The topological polar surface area (TPSA) is 46.5 Å². The van der Waals surface area contributed by atoms with Gasteiger partial charge in [-0.05, 0) is 31.4 Å². The number of esters is 1. The fraction of sp³-hybridized carbons (Fsp3) is 0.588. The first-order valence-corrected chi connectivity index (χ1v) is 7.10. The van der Waals surface area contributed by atoms with Crippen LogP contribution in [0.5, 0.6) is 0 Å². The van der Waals surface area contributed by atoms with Gasteiger partial charge in [-0.15, -0.1) is 0 Å². The van der Waals surface area contributed by atoms with Crippen LogP contribution in [0.2, 0.25) is 0 Å². The van der Waals surface area contributed by atoms with Crippen LogP contribution in [0.3, 0.4) is 0 Å². The predicted octanol–water partition coefficient (Wildman–Crippen LogP) is 2.83. The molecule has 3 nitrogen and oxygen atoms in total. The van der Waals surface area contributed by atoms with Crippen molar-refractivity contribution in [2.75, 3.05) is 7.11 Å². The van der Waals surface area contributed by atoms with E-state index in [2.05, 4.69) is 35.3 Å². The second-order valence-corrected chi connectivity index (χ2v) is 4.36. The number of allylic oxidation sites excluding steroid dienone is 2. The third kappa shape index (κ3) is 11.4. The second-order valence-electron chi connectivity index (χ2n) is 4.36. The van der Waals surface area contributed by atoms with Gasteiger partial charge in [0.15, 0.2) is 6.10 Å². The van der Waals surface area contributed by atoms with E-state index >= 15 is 0 Å². The van der Waals surface area contributed by atoms with Crippen molar-refractivity contribution in [1.29, 1.82) is 0 Å². The van der Waals surface area contributed by atoms with Crippen molar-refractivity contribution < 1.29 is 14.6 Å². The van der Waals surface area contributed by atoms with Crippen molar-refractivity contribution >= 4 is 5.97 Å². The van der Waals surface area contributed by atoms with Crippen LogP contribution in [0.15, 0.2) is 12.2 Å². The summed E-state index contributed by atoms with van der Waals surface area (Å²) >= 11 is 0. The summed E-state index contributed by atoms with van der Waals surface area (Å²) in [6.07, 6.45) is 8.55. The summed E-state index contributed by atoms with van der Waals surface area (Å²) in [5.41, 5.74) is 0. The van der Waals surface area contributed by atoms with Crippen LogP contribution in [-0.2, 0) is 9.53 Å². The highest BCUT2D eigenvalue weighted by Gasteiger charge is 2.13. The van der Waals surface area contributed by atoms with Gasteiger partial charge in [0.2, 0.25) is 0 Å². The molecule has 0 rings (SSSR count). The second kappa shape index (κ2) is 13.7. The highest BCUT2D eigenvalue weighted by atomic mass is 16.5. The van der Waals surface area contributed by atoms with E-state index in [1.807, 2.05) is 0 Å². The van der Waals surface area contributed by atoms with Gasteiger partial charge >= 0.3 is 5.97 Å². The minimum Gasteiger partial charge on any atom is -0.467 e. The Morgan fingerprint density at radius 1 is 1.15 bits per heavy atom. The van der Waals surface area contributed by atoms with Crippen LogP contribution >= 0.6 is 0 Å². The number of hydrogen-bond donors (Lipinski definition) is 1. The molecule has 1 unspecified atom stereocenters. The standard InChI is InChI=1S/C17H24O3/c1-3-4-5-6-7-8-9-10-11-12-13-14-15-16(18)17(19)20-2/h7-8,16,18H,3-4,11-15H2,1-2H3/b8-7+. The molecule has 0 fully saturated rings. The summed E-state index contributed by atoms with van der Waals surface area (Å²) in [7, 11) is 1.28. The van der Waals surface area contributed by atoms with Gasteiger partial charge in [-0.25, -0.2) is 4.79 Å². The minimum atomic E-state index is -0.990. The summed E-state index contributed by atoms with van der Waals surface area (Å²) in [5, 5.41) is 9.35. The molecule has 0 aliphatic rings. The van der Waals surface area contributed by atoms with Crippen molar-refractivity contribution in [3.63, 3.8) is 0 Å². The summed E-state index contributed by atoms with van der Waals surface area (Å²) in [6, 6.07) is 0. The van der Waals surface area contributed by atoms with Gasteiger partial charge in [0.1, 0.15) is 0 Å². The lowest BCUT2D eigenvalue weighted by Gasteiger charge is -2.06. The van der Waals surface area contributed by atoms with Gasteiger partial charge in [-0.1, -0.05) is 43.4 Å². The number of methoxy groups -OCH3 is 1. The van der Waals surface area contributed by atoms with E-state index in [1.165, 1.54) is 7.11 Å². The maximum atomic E-state index is 10.9. The van der Waals surface area contributed by atoms with Gasteiger partial charge in [0.25, 0.3) is 0 Å². The molecule has 0 aromatic rings. The minimum absolute atomic E-state index is 0.451. The van der Waals surface area contributed by atoms with Crippen molar-refractivity contribution in [1.82, 2.24) is 0 Å². The molecular formula is C17H24O3. The molecule has 3 heteroatoms.